The summed E-state index contributed by atoms with van der Waals surface area (Å²) in [5, 5.41) is 6.09. The number of hydrazine groups is 2. The molecule has 6 amide bonds. The molecule has 12 heteroatoms. The normalized spacial score (nSPS) is 16.8. The molecule has 0 saturated heterocycles. The second-order valence-corrected chi connectivity index (χ2v) is 9.25. The average Bonchev–Trinajstić information content (AvgIpc) is 2.88. The van der Waals surface area contributed by atoms with E-state index < -0.39 is 23.9 Å². The maximum Gasteiger partial charge on any atom is 0.333 e. The number of urea groups is 2. The van der Waals surface area contributed by atoms with Crippen LogP contribution in [0.4, 0.5) is 9.59 Å². The Morgan fingerprint density at radius 3 is 1.50 bits per heavy atom. The molecule has 1 aliphatic rings. The van der Waals surface area contributed by atoms with E-state index in [0.717, 1.165) is 25.7 Å². The van der Waals surface area contributed by atoms with Gasteiger partial charge in [0.15, 0.2) is 0 Å². The third-order valence-corrected chi connectivity index (χ3v) is 6.47. The standard InChI is InChI=1S/C24H28Cl2N6O4/c25-19-10-3-1-8-17(19)21(33)29-31-23(35)27-13-15-6-5-7-16(12-15)14-28-24(36)32-30-22(34)18-9-2-4-11-20(18)26/h1-4,8-11,15-16H,5-7,12-14H2,(H,29,33)(H,30,34)(H2,27,31,35)(H2,28,32,36)/t15-,16-/m1/s1. The summed E-state index contributed by atoms with van der Waals surface area (Å²) >= 11 is 12.0. The maximum atomic E-state index is 12.1. The predicted octanol–water partition coefficient (Wildman–Crippen LogP) is 3.39. The number of rotatable bonds is 6. The lowest BCUT2D eigenvalue weighted by Gasteiger charge is -2.29. The monoisotopic (exact) mass is 534 g/mol. The van der Waals surface area contributed by atoms with Crippen LogP contribution in [0, 0.1) is 11.8 Å². The van der Waals surface area contributed by atoms with Gasteiger partial charge in [-0.25, -0.2) is 20.4 Å². The molecule has 0 aromatic heterocycles. The Labute approximate surface area is 218 Å². The summed E-state index contributed by atoms with van der Waals surface area (Å²) in [6.45, 7) is 0.870. The van der Waals surface area contributed by atoms with Gasteiger partial charge >= 0.3 is 12.1 Å². The Balaban J connectivity index is 1.32. The first kappa shape index (κ1) is 27.1. The van der Waals surface area contributed by atoms with Crippen LogP contribution in [-0.2, 0) is 0 Å². The van der Waals surface area contributed by atoms with E-state index in [0.29, 0.717) is 13.1 Å². The van der Waals surface area contributed by atoms with E-state index in [1.807, 2.05) is 0 Å². The number of halogens is 2. The van der Waals surface area contributed by atoms with Crippen LogP contribution in [0.15, 0.2) is 48.5 Å². The lowest BCUT2D eigenvalue weighted by molar-refractivity contribution is 0.0929. The van der Waals surface area contributed by atoms with Gasteiger partial charge in [-0.15, -0.1) is 0 Å². The zero-order chi connectivity index (χ0) is 25.9. The second kappa shape index (κ2) is 13.6. The first-order valence-electron chi connectivity index (χ1n) is 11.5. The molecule has 1 aliphatic carbocycles. The summed E-state index contributed by atoms with van der Waals surface area (Å²) in [6, 6.07) is 12.0. The molecule has 3 rings (SSSR count). The van der Waals surface area contributed by atoms with Crippen molar-refractivity contribution in [2.45, 2.75) is 25.7 Å². The fourth-order valence-corrected chi connectivity index (χ4v) is 4.43. The zero-order valence-corrected chi connectivity index (χ0v) is 20.9. The van der Waals surface area contributed by atoms with E-state index >= 15 is 0 Å². The minimum atomic E-state index is -0.524. The van der Waals surface area contributed by atoms with E-state index in [9.17, 15) is 19.2 Å². The summed E-state index contributed by atoms with van der Waals surface area (Å²) in [5.74, 6) is -0.557. The summed E-state index contributed by atoms with van der Waals surface area (Å²) in [6.07, 6.45) is 3.68. The van der Waals surface area contributed by atoms with Crippen molar-refractivity contribution in [1.29, 1.82) is 0 Å². The van der Waals surface area contributed by atoms with Crippen molar-refractivity contribution >= 4 is 47.1 Å². The highest BCUT2D eigenvalue weighted by Crippen LogP contribution is 2.28. The second-order valence-electron chi connectivity index (χ2n) is 8.44. The van der Waals surface area contributed by atoms with E-state index in [1.54, 1.807) is 48.5 Å². The maximum absolute atomic E-state index is 12.1. The van der Waals surface area contributed by atoms with Gasteiger partial charge in [0, 0.05) is 13.1 Å². The number of nitrogens with one attached hydrogen (secondary N) is 6. The molecule has 0 bridgehead atoms. The highest BCUT2D eigenvalue weighted by Gasteiger charge is 2.23. The van der Waals surface area contributed by atoms with Crippen LogP contribution in [0.1, 0.15) is 46.4 Å². The van der Waals surface area contributed by atoms with E-state index in [4.69, 9.17) is 23.2 Å². The molecule has 1 fully saturated rings. The van der Waals surface area contributed by atoms with Crippen molar-refractivity contribution in [3.05, 3.63) is 69.7 Å². The molecule has 0 heterocycles. The predicted molar refractivity (Wildman–Crippen MR) is 136 cm³/mol. The van der Waals surface area contributed by atoms with E-state index in [1.165, 1.54) is 0 Å². The molecular formula is C24H28Cl2N6O4. The van der Waals surface area contributed by atoms with Crippen LogP contribution in [0.2, 0.25) is 10.0 Å². The molecule has 6 N–H and O–H groups in total. The van der Waals surface area contributed by atoms with Gasteiger partial charge in [0.2, 0.25) is 0 Å². The zero-order valence-electron chi connectivity index (χ0n) is 19.4. The lowest BCUT2D eigenvalue weighted by atomic mass is 9.81. The Morgan fingerprint density at radius 2 is 1.08 bits per heavy atom. The summed E-state index contributed by atoms with van der Waals surface area (Å²) in [4.78, 5) is 48.4. The quantitative estimate of drug-likeness (QED) is 0.316. The number of carbonyl (C=O) groups excluding carboxylic acids is 4. The fraction of sp³-hybridized carbons (Fsp3) is 0.333. The molecule has 0 radical (unpaired) electrons. The topological polar surface area (TPSA) is 140 Å². The molecule has 2 aromatic rings. The Hall–Kier alpha value is -3.50. The van der Waals surface area contributed by atoms with Gasteiger partial charge in [0.1, 0.15) is 0 Å². The van der Waals surface area contributed by atoms with Gasteiger partial charge in [-0.1, -0.05) is 53.9 Å². The van der Waals surface area contributed by atoms with Crippen LogP contribution in [0.5, 0.6) is 0 Å². The molecule has 1 saturated carbocycles. The number of amides is 6. The van der Waals surface area contributed by atoms with Gasteiger partial charge < -0.3 is 10.6 Å². The number of hydrogen-bond donors (Lipinski definition) is 6. The SMILES string of the molecule is O=C(NC[C@@H]1CCC[C@@H](CNC(=O)NNC(=O)c2ccccc2Cl)C1)NNC(=O)c1ccccc1Cl. The van der Waals surface area contributed by atoms with Crippen molar-refractivity contribution in [3.63, 3.8) is 0 Å². The van der Waals surface area contributed by atoms with Gasteiger partial charge in [0.05, 0.1) is 21.2 Å². The van der Waals surface area contributed by atoms with Crippen LogP contribution in [0.3, 0.4) is 0 Å². The van der Waals surface area contributed by atoms with E-state index in [2.05, 4.69) is 32.3 Å². The lowest BCUT2D eigenvalue weighted by Crippen LogP contribution is -2.49. The molecule has 0 spiro atoms. The molecule has 36 heavy (non-hydrogen) atoms. The highest BCUT2D eigenvalue weighted by atomic mass is 35.5. The van der Waals surface area contributed by atoms with Gasteiger partial charge in [-0.3, -0.25) is 20.4 Å². The largest absolute Gasteiger partial charge is 0.336 e. The summed E-state index contributed by atoms with van der Waals surface area (Å²) in [7, 11) is 0. The molecule has 2 aromatic carbocycles. The molecule has 192 valence electrons. The van der Waals surface area contributed by atoms with Crippen LogP contribution in [-0.4, -0.2) is 37.0 Å². The third-order valence-electron chi connectivity index (χ3n) is 5.81. The van der Waals surface area contributed by atoms with Crippen molar-refractivity contribution in [3.8, 4) is 0 Å². The van der Waals surface area contributed by atoms with Gasteiger partial charge in [0.25, 0.3) is 11.8 Å². The molecular weight excluding hydrogens is 507 g/mol. The van der Waals surface area contributed by atoms with E-state index in [-0.39, 0.29) is 33.0 Å². The number of benzene rings is 2. The van der Waals surface area contributed by atoms with Crippen molar-refractivity contribution in [1.82, 2.24) is 32.3 Å². The Bertz CT molecular complexity index is 1020. The molecule has 0 unspecified atom stereocenters. The third kappa shape index (κ3) is 8.31. The smallest absolute Gasteiger partial charge is 0.333 e. The van der Waals surface area contributed by atoms with Crippen molar-refractivity contribution in [2.75, 3.05) is 13.1 Å². The average molecular weight is 535 g/mol. The Morgan fingerprint density at radius 1 is 0.667 bits per heavy atom. The minimum Gasteiger partial charge on any atom is -0.336 e. The summed E-state index contributed by atoms with van der Waals surface area (Å²) < 4.78 is 0. The van der Waals surface area contributed by atoms with Crippen molar-refractivity contribution in [2.24, 2.45) is 11.8 Å². The fourth-order valence-electron chi connectivity index (χ4n) is 3.99. The van der Waals surface area contributed by atoms with Gasteiger partial charge in [-0.2, -0.15) is 0 Å². The number of hydrogen-bond acceptors (Lipinski definition) is 4. The minimum absolute atomic E-state index is 0.235. The van der Waals surface area contributed by atoms with Crippen molar-refractivity contribution < 1.29 is 19.2 Å². The highest BCUT2D eigenvalue weighted by molar-refractivity contribution is 6.34. The molecule has 2 atom stereocenters. The molecule has 0 aliphatic heterocycles. The van der Waals surface area contributed by atoms with Gasteiger partial charge in [-0.05, 0) is 55.4 Å². The van der Waals surface area contributed by atoms with Crippen LogP contribution < -0.4 is 32.3 Å². The number of carbonyl (C=O) groups is 4. The first-order valence-corrected chi connectivity index (χ1v) is 12.3. The Kier molecular flexibility index (Phi) is 10.2. The molecule has 10 nitrogen and oxygen atoms in total. The van der Waals surface area contributed by atoms with Crippen LogP contribution in [0.25, 0.3) is 0 Å². The van der Waals surface area contributed by atoms with Crippen LogP contribution >= 0.6 is 23.2 Å². The summed E-state index contributed by atoms with van der Waals surface area (Å²) in [5.41, 5.74) is 9.81. The first-order chi connectivity index (χ1) is 17.3.